The van der Waals surface area contributed by atoms with E-state index in [0.29, 0.717) is 48.7 Å². The third-order valence-electron chi connectivity index (χ3n) is 15.0. The maximum absolute atomic E-state index is 14.5. The van der Waals surface area contributed by atoms with Gasteiger partial charge >= 0.3 is 5.97 Å². The highest BCUT2D eigenvalue weighted by molar-refractivity contribution is 5.84. The minimum Gasteiger partial charge on any atom is -0.462 e. The van der Waals surface area contributed by atoms with E-state index in [2.05, 4.69) is 59.4 Å². The van der Waals surface area contributed by atoms with Crippen molar-refractivity contribution in [1.82, 2.24) is 4.90 Å². The summed E-state index contributed by atoms with van der Waals surface area (Å²) in [4.78, 5) is 28.7. The van der Waals surface area contributed by atoms with Gasteiger partial charge in [-0.25, -0.2) is 0 Å². The molecule has 4 saturated carbocycles. The van der Waals surface area contributed by atoms with Gasteiger partial charge in [-0.3, -0.25) is 9.59 Å². The quantitative estimate of drug-likeness (QED) is 0.257. The SMILES string of the molecule is CC(=O)O[C@H]1CC[C@]2(C)[C@H]3CC=C4[C@@H]5[C@@H](C)[C@H](C)CC[C@]5(C(=O)N5CCOCC5)CC[C@@]4(C)[C@]3(C)CC[C@H]2C1(C)C. The fourth-order valence-electron chi connectivity index (χ4n) is 12.3. The zero-order valence-corrected chi connectivity index (χ0v) is 27.3. The van der Waals surface area contributed by atoms with Crippen LogP contribution in [0.4, 0.5) is 0 Å². The number of fused-ring (bicyclic) bond motifs is 7. The van der Waals surface area contributed by atoms with Crippen LogP contribution in [0, 0.1) is 56.7 Å². The summed E-state index contributed by atoms with van der Waals surface area (Å²) in [6, 6.07) is 0. The molecule has 0 unspecified atom stereocenters. The van der Waals surface area contributed by atoms with Crippen molar-refractivity contribution in [2.45, 2.75) is 119 Å². The predicted octanol–water partition coefficient (Wildman–Crippen LogP) is 7.43. The monoisotopic (exact) mass is 567 g/mol. The molecule has 6 aliphatic rings. The molecule has 230 valence electrons. The molecule has 0 bridgehead atoms. The van der Waals surface area contributed by atoms with Crippen LogP contribution in [0.3, 0.4) is 0 Å². The van der Waals surface area contributed by atoms with E-state index in [1.165, 1.54) is 12.8 Å². The van der Waals surface area contributed by atoms with Gasteiger partial charge in [0.05, 0.1) is 18.6 Å². The Hall–Kier alpha value is -1.36. The Morgan fingerprint density at radius 2 is 1.61 bits per heavy atom. The molecule has 0 N–H and O–H groups in total. The first-order valence-corrected chi connectivity index (χ1v) is 17.0. The molecule has 1 aliphatic heterocycles. The van der Waals surface area contributed by atoms with Crippen LogP contribution in [-0.2, 0) is 19.1 Å². The number of ether oxygens (including phenoxy) is 2. The third kappa shape index (κ3) is 4.02. The lowest BCUT2D eigenvalue weighted by Crippen LogP contribution is -2.66. The van der Waals surface area contributed by atoms with Gasteiger partial charge in [-0.1, -0.05) is 60.1 Å². The van der Waals surface area contributed by atoms with E-state index < -0.39 is 0 Å². The second-order valence-electron chi connectivity index (χ2n) is 16.7. The number of hydrogen-bond donors (Lipinski definition) is 0. The zero-order chi connectivity index (χ0) is 29.6. The van der Waals surface area contributed by atoms with Crippen LogP contribution in [0.5, 0.6) is 0 Å². The largest absolute Gasteiger partial charge is 0.462 e. The van der Waals surface area contributed by atoms with E-state index in [-0.39, 0.29) is 39.1 Å². The Morgan fingerprint density at radius 1 is 0.902 bits per heavy atom. The number of carbonyl (C=O) groups excluding carboxylic acids is 2. The maximum Gasteiger partial charge on any atom is 0.302 e. The standard InChI is InChI=1S/C36H57NO4/c1-23-11-16-36(31(39)37-19-21-40-22-20-37)18-17-34(7)26(30(36)24(23)2)9-10-28-33(6)14-13-29(41-25(3)38)32(4,5)27(33)12-15-35(28,34)8/h9,23-24,27-30H,10-22H2,1-8H3/t23-,24+,27+,28-,29+,30+,33+,34-,35-,36+/m1/s1. The van der Waals surface area contributed by atoms with Gasteiger partial charge in [-0.15, -0.1) is 0 Å². The molecule has 0 aromatic heterocycles. The highest BCUT2D eigenvalue weighted by Gasteiger charge is 2.69. The molecule has 0 radical (unpaired) electrons. The lowest BCUT2D eigenvalue weighted by Gasteiger charge is -2.71. The van der Waals surface area contributed by atoms with Gasteiger partial charge in [-0.2, -0.15) is 0 Å². The normalized spacial score (nSPS) is 49.0. The van der Waals surface area contributed by atoms with E-state index in [4.69, 9.17) is 9.47 Å². The Morgan fingerprint density at radius 3 is 2.29 bits per heavy atom. The van der Waals surface area contributed by atoms with Crippen molar-refractivity contribution in [3.63, 3.8) is 0 Å². The van der Waals surface area contributed by atoms with Crippen LogP contribution in [0.25, 0.3) is 0 Å². The van der Waals surface area contributed by atoms with Gasteiger partial charge in [0.25, 0.3) is 0 Å². The van der Waals surface area contributed by atoms with Crippen LogP contribution in [0.15, 0.2) is 11.6 Å². The van der Waals surface area contributed by atoms with E-state index >= 15 is 0 Å². The molecule has 1 heterocycles. The van der Waals surface area contributed by atoms with Gasteiger partial charge in [0.15, 0.2) is 0 Å². The van der Waals surface area contributed by atoms with Crippen LogP contribution in [0.2, 0.25) is 0 Å². The summed E-state index contributed by atoms with van der Waals surface area (Å²) in [5.74, 6) is 2.96. The Bertz CT molecular complexity index is 1110. The molecule has 41 heavy (non-hydrogen) atoms. The van der Waals surface area contributed by atoms with Gasteiger partial charge in [0.2, 0.25) is 5.91 Å². The molecule has 5 heteroatoms. The molecule has 1 saturated heterocycles. The highest BCUT2D eigenvalue weighted by Crippen LogP contribution is 2.76. The number of amides is 1. The Labute approximate surface area is 249 Å². The molecule has 0 aromatic carbocycles. The maximum atomic E-state index is 14.5. The average molecular weight is 568 g/mol. The second-order valence-corrected chi connectivity index (χ2v) is 16.7. The van der Waals surface area contributed by atoms with E-state index in [1.54, 1.807) is 12.5 Å². The summed E-state index contributed by atoms with van der Waals surface area (Å²) in [6.45, 7) is 21.9. The lowest BCUT2D eigenvalue weighted by atomic mass is 9.33. The third-order valence-corrected chi connectivity index (χ3v) is 15.0. The predicted molar refractivity (Wildman–Crippen MR) is 162 cm³/mol. The highest BCUT2D eigenvalue weighted by atomic mass is 16.5. The molecule has 0 spiro atoms. The van der Waals surface area contributed by atoms with Gasteiger partial charge in [-0.05, 0) is 104 Å². The number of hydrogen-bond acceptors (Lipinski definition) is 4. The van der Waals surface area contributed by atoms with Crippen LogP contribution >= 0.6 is 0 Å². The number of nitrogens with zero attached hydrogens (tertiary/aromatic N) is 1. The van der Waals surface area contributed by atoms with Gasteiger partial charge in [0.1, 0.15) is 6.10 Å². The molecule has 5 nitrogen and oxygen atoms in total. The van der Waals surface area contributed by atoms with Crippen molar-refractivity contribution >= 4 is 11.9 Å². The van der Waals surface area contributed by atoms with Crippen LogP contribution < -0.4 is 0 Å². The topological polar surface area (TPSA) is 55.8 Å². The van der Waals surface area contributed by atoms with Gasteiger partial charge < -0.3 is 14.4 Å². The number of carbonyl (C=O) groups is 2. The molecule has 6 rings (SSSR count). The summed E-state index contributed by atoms with van der Waals surface area (Å²) in [6.07, 6.45) is 12.7. The molecule has 5 aliphatic carbocycles. The molecular formula is C36H57NO4. The van der Waals surface area contributed by atoms with Crippen molar-refractivity contribution in [2.75, 3.05) is 26.3 Å². The summed E-state index contributed by atoms with van der Waals surface area (Å²) in [7, 11) is 0. The zero-order valence-electron chi connectivity index (χ0n) is 27.3. The van der Waals surface area contributed by atoms with Crippen molar-refractivity contribution in [1.29, 1.82) is 0 Å². The first-order chi connectivity index (χ1) is 19.2. The summed E-state index contributed by atoms with van der Waals surface area (Å²) >= 11 is 0. The van der Waals surface area contributed by atoms with Crippen LogP contribution in [-0.4, -0.2) is 49.2 Å². The fourth-order valence-corrected chi connectivity index (χ4v) is 12.3. The smallest absolute Gasteiger partial charge is 0.302 e. The van der Waals surface area contributed by atoms with E-state index in [1.807, 2.05) is 0 Å². The molecule has 1 amide bonds. The Kier molecular flexibility index (Phi) is 7.12. The number of allylic oxidation sites excluding steroid dienone is 2. The molecular weight excluding hydrogens is 510 g/mol. The van der Waals surface area contributed by atoms with Crippen molar-refractivity contribution in [3.8, 4) is 0 Å². The molecule has 0 aromatic rings. The van der Waals surface area contributed by atoms with E-state index in [9.17, 15) is 9.59 Å². The van der Waals surface area contributed by atoms with Gasteiger partial charge in [0, 0.05) is 25.4 Å². The minimum absolute atomic E-state index is 0.0128. The van der Waals surface area contributed by atoms with Crippen molar-refractivity contribution < 1.29 is 19.1 Å². The summed E-state index contributed by atoms with van der Waals surface area (Å²) in [5, 5.41) is 0. The fraction of sp³-hybridized carbons (Fsp3) is 0.889. The Balaban J connectivity index is 1.39. The number of esters is 1. The van der Waals surface area contributed by atoms with Crippen molar-refractivity contribution in [3.05, 3.63) is 11.6 Å². The lowest BCUT2D eigenvalue weighted by molar-refractivity contribution is -0.213. The number of morpholine rings is 1. The average Bonchev–Trinajstić information content (AvgIpc) is 2.92. The van der Waals surface area contributed by atoms with E-state index in [0.717, 1.165) is 58.0 Å². The first kappa shape index (κ1) is 29.7. The molecule has 10 atom stereocenters. The summed E-state index contributed by atoms with van der Waals surface area (Å²) in [5.41, 5.74) is 1.93. The first-order valence-electron chi connectivity index (χ1n) is 17.0. The number of rotatable bonds is 2. The van der Waals surface area contributed by atoms with Crippen LogP contribution in [0.1, 0.15) is 113 Å². The minimum atomic E-state index is -0.247. The summed E-state index contributed by atoms with van der Waals surface area (Å²) < 4.78 is 11.6. The second kappa shape index (κ2) is 9.83. The molecule has 5 fully saturated rings. The van der Waals surface area contributed by atoms with Crippen molar-refractivity contribution in [2.24, 2.45) is 56.7 Å².